The lowest BCUT2D eigenvalue weighted by atomic mass is 9.80. The summed E-state index contributed by atoms with van der Waals surface area (Å²) in [7, 11) is -1.39. The second-order valence-electron chi connectivity index (χ2n) is 3.48. The van der Waals surface area contributed by atoms with E-state index in [1.807, 2.05) is 42.5 Å². The third kappa shape index (κ3) is 4.35. The molecule has 2 aromatic rings. The zero-order valence-corrected chi connectivity index (χ0v) is 9.64. The third-order valence-corrected chi connectivity index (χ3v) is 2.32. The fraction of sp³-hybridized carbons (Fsp3) is 0. The van der Waals surface area contributed by atoms with Crippen LogP contribution in [-0.2, 0) is 0 Å². The Morgan fingerprint density at radius 2 is 1.17 bits per heavy atom. The Hall–Kier alpha value is -1.59. The van der Waals surface area contributed by atoms with E-state index in [1.54, 1.807) is 12.1 Å². The third-order valence-electron chi connectivity index (χ3n) is 2.32. The summed E-state index contributed by atoms with van der Waals surface area (Å²) >= 11 is 0. The van der Waals surface area contributed by atoms with Crippen LogP contribution in [0.4, 0.5) is 0 Å². The molecule has 0 atom stereocenters. The van der Waals surface area contributed by atoms with Gasteiger partial charge in [-0.05, 0) is 16.6 Å². The van der Waals surface area contributed by atoms with E-state index in [0.717, 1.165) is 11.1 Å². The Morgan fingerprint density at radius 3 is 1.61 bits per heavy atom. The van der Waals surface area contributed by atoms with Gasteiger partial charge >= 0.3 is 14.8 Å². The van der Waals surface area contributed by atoms with Gasteiger partial charge in [0.2, 0.25) is 0 Å². The molecule has 91 valence electrons. The number of hydrogen-bond acceptors (Lipinski definition) is 4. The second-order valence-corrected chi connectivity index (χ2v) is 3.48. The molecule has 2 rings (SSSR count). The van der Waals surface area contributed by atoms with Gasteiger partial charge in [0, 0.05) is 0 Å². The van der Waals surface area contributed by atoms with E-state index in [4.69, 9.17) is 20.1 Å². The molecule has 0 fully saturated rings. The van der Waals surface area contributed by atoms with Crippen molar-refractivity contribution in [3.8, 4) is 11.1 Å². The van der Waals surface area contributed by atoms with Gasteiger partial charge in [0.25, 0.3) is 0 Å². The molecule has 4 nitrogen and oxygen atoms in total. The molecular weight excluding hydrogens is 230 g/mol. The van der Waals surface area contributed by atoms with E-state index in [9.17, 15) is 0 Å². The smallest absolute Gasteiger partial charge is 0.429 e. The van der Waals surface area contributed by atoms with Crippen LogP contribution in [0.2, 0.25) is 0 Å². The first-order chi connectivity index (χ1) is 8.69. The van der Waals surface area contributed by atoms with Crippen LogP contribution in [0.15, 0.2) is 54.6 Å². The number of rotatable bonds is 2. The first kappa shape index (κ1) is 14.5. The van der Waals surface area contributed by atoms with Crippen LogP contribution in [0.5, 0.6) is 0 Å². The minimum Gasteiger partial charge on any atom is -0.429 e. The van der Waals surface area contributed by atoms with Crippen molar-refractivity contribution >= 4 is 20.3 Å². The molecule has 1 radical (unpaired) electrons. The normalized spacial score (nSPS) is 9.11. The zero-order valence-electron chi connectivity index (χ0n) is 9.64. The van der Waals surface area contributed by atoms with E-state index in [-0.39, 0.29) is 7.69 Å². The molecule has 0 saturated carbocycles. The first-order valence-electron chi connectivity index (χ1n) is 5.30. The standard InChI is InChI=1S/C12H11BO2.BH2O2/c14-13(15)12-8-6-11(7-9-12)10-4-2-1-3-5-10;2-1-3/h1-9,14-15H;2-3H. The molecule has 2 aromatic carbocycles. The Kier molecular flexibility index (Phi) is 6.18. The lowest BCUT2D eigenvalue weighted by molar-refractivity contribution is 0.425. The van der Waals surface area contributed by atoms with Gasteiger partial charge < -0.3 is 20.1 Å². The molecule has 0 saturated heterocycles. The van der Waals surface area contributed by atoms with Crippen molar-refractivity contribution in [3.05, 3.63) is 54.6 Å². The van der Waals surface area contributed by atoms with Crippen molar-refractivity contribution in [2.45, 2.75) is 0 Å². The topological polar surface area (TPSA) is 80.9 Å². The first-order valence-corrected chi connectivity index (χ1v) is 5.30. The average molecular weight is 243 g/mol. The summed E-state index contributed by atoms with van der Waals surface area (Å²) in [5, 5.41) is 31.9. The average Bonchev–Trinajstić information content (AvgIpc) is 2.41. The van der Waals surface area contributed by atoms with Crippen LogP contribution in [0, 0.1) is 0 Å². The Morgan fingerprint density at radius 1 is 0.722 bits per heavy atom. The lowest BCUT2D eigenvalue weighted by Crippen LogP contribution is -2.29. The van der Waals surface area contributed by atoms with Gasteiger partial charge in [-0.25, -0.2) is 0 Å². The quantitative estimate of drug-likeness (QED) is 0.538. The summed E-state index contributed by atoms with van der Waals surface area (Å²) < 4.78 is 0. The van der Waals surface area contributed by atoms with Gasteiger partial charge in [-0.3, -0.25) is 0 Å². The molecule has 0 aliphatic rings. The molecular formula is C12H13B2O4. The maximum atomic E-state index is 8.94. The van der Waals surface area contributed by atoms with E-state index >= 15 is 0 Å². The minimum atomic E-state index is -1.39. The van der Waals surface area contributed by atoms with E-state index in [1.165, 1.54) is 0 Å². The van der Waals surface area contributed by atoms with Crippen LogP contribution in [0.3, 0.4) is 0 Å². The van der Waals surface area contributed by atoms with E-state index in [2.05, 4.69) is 0 Å². The maximum Gasteiger partial charge on any atom is 0.488 e. The highest BCUT2D eigenvalue weighted by atomic mass is 16.4. The zero-order chi connectivity index (χ0) is 13.4. The Balaban J connectivity index is 0.000000492. The Labute approximate surface area is 107 Å². The molecule has 0 amide bonds. The van der Waals surface area contributed by atoms with Crippen LogP contribution in [0.1, 0.15) is 0 Å². The predicted octanol–water partition coefficient (Wildman–Crippen LogP) is -0.461. The predicted molar refractivity (Wildman–Crippen MR) is 71.9 cm³/mol. The highest BCUT2D eigenvalue weighted by Crippen LogP contribution is 2.16. The molecule has 0 aliphatic heterocycles. The Bertz CT molecular complexity index is 445. The molecule has 6 heteroatoms. The summed E-state index contributed by atoms with van der Waals surface area (Å²) in [6.07, 6.45) is 0. The minimum absolute atomic E-state index is 0. The summed E-state index contributed by atoms with van der Waals surface area (Å²) in [5.74, 6) is 0. The van der Waals surface area contributed by atoms with E-state index < -0.39 is 7.12 Å². The van der Waals surface area contributed by atoms with Gasteiger partial charge in [-0.2, -0.15) is 0 Å². The molecule has 4 N–H and O–H groups in total. The van der Waals surface area contributed by atoms with Crippen LogP contribution >= 0.6 is 0 Å². The van der Waals surface area contributed by atoms with Gasteiger partial charge in [-0.1, -0.05) is 54.6 Å². The van der Waals surface area contributed by atoms with Crippen LogP contribution in [-0.4, -0.2) is 34.9 Å². The largest absolute Gasteiger partial charge is 0.488 e. The van der Waals surface area contributed by atoms with Gasteiger partial charge in [0.15, 0.2) is 0 Å². The van der Waals surface area contributed by atoms with Crippen molar-refractivity contribution in [2.24, 2.45) is 0 Å². The van der Waals surface area contributed by atoms with Gasteiger partial charge in [0.1, 0.15) is 0 Å². The highest BCUT2D eigenvalue weighted by molar-refractivity contribution is 6.58. The molecule has 0 bridgehead atoms. The summed E-state index contributed by atoms with van der Waals surface area (Å²) in [6.45, 7) is 0. The molecule has 0 unspecified atom stereocenters. The summed E-state index contributed by atoms with van der Waals surface area (Å²) in [6, 6.07) is 17.1. The van der Waals surface area contributed by atoms with Crippen LogP contribution in [0.25, 0.3) is 11.1 Å². The number of benzene rings is 2. The number of hydrogen-bond donors (Lipinski definition) is 4. The molecule has 0 aromatic heterocycles. The highest BCUT2D eigenvalue weighted by Gasteiger charge is 2.09. The van der Waals surface area contributed by atoms with Crippen molar-refractivity contribution in [1.29, 1.82) is 0 Å². The van der Waals surface area contributed by atoms with Crippen molar-refractivity contribution in [1.82, 2.24) is 0 Å². The molecule has 0 aliphatic carbocycles. The van der Waals surface area contributed by atoms with Gasteiger partial charge in [0.05, 0.1) is 0 Å². The van der Waals surface area contributed by atoms with Crippen LogP contribution < -0.4 is 5.46 Å². The summed E-state index contributed by atoms with van der Waals surface area (Å²) in [5.41, 5.74) is 2.70. The monoisotopic (exact) mass is 243 g/mol. The maximum absolute atomic E-state index is 8.94. The lowest BCUT2D eigenvalue weighted by Gasteiger charge is -2.03. The fourth-order valence-corrected chi connectivity index (χ4v) is 1.48. The SMILES string of the molecule is OB(O)c1ccc(-c2ccccc2)cc1.O[B]O. The second kappa shape index (κ2) is 7.68. The van der Waals surface area contributed by atoms with Crippen molar-refractivity contribution in [2.75, 3.05) is 0 Å². The van der Waals surface area contributed by atoms with Gasteiger partial charge in [-0.15, -0.1) is 0 Å². The van der Waals surface area contributed by atoms with Crippen molar-refractivity contribution in [3.63, 3.8) is 0 Å². The summed E-state index contributed by atoms with van der Waals surface area (Å²) in [4.78, 5) is 0. The van der Waals surface area contributed by atoms with E-state index in [0.29, 0.717) is 5.46 Å². The van der Waals surface area contributed by atoms with Crippen molar-refractivity contribution < 1.29 is 20.1 Å². The molecule has 0 spiro atoms. The molecule has 18 heavy (non-hydrogen) atoms. The molecule has 0 heterocycles. The fourth-order valence-electron chi connectivity index (χ4n) is 1.48.